The summed E-state index contributed by atoms with van der Waals surface area (Å²) in [6, 6.07) is 30.9. The minimum absolute atomic E-state index is 0.134. The molecule has 1 heterocycles. The van der Waals surface area contributed by atoms with E-state index < -0.39 is 0 Å². The zero-order valence-corrected chi connectivity index (χ0v) is 21.7. The van der Waals surface area contributed by atoms with E-state index in [1.807, 2.05) is 91.1 Å². The molecule has 5 aromatic rings. The minimum atomic E-state index is -0.134. The van der Waals surface area contributed by atoms with Crippen molar-refractivity contribution in [2.45, 2.75) is 25.4 Å². The van der Waals surface area contributed by atoms with Gasteiger partial charge in [0.05, 0.1) is 18.3 Å². The van der Waals surface area contributed by atoms with Crippen molar-refractivity contribution in [1.82, 2.24) is 4.98 Å². The van der Waals surface area contributed by atoms with Crippen molar-refractivity contribution in [3.05, 3.63) is 120 Å². The monoisotopic (exact) mass is 515 g/mol. The van der Waals surface area contributed by atoms with Crippen LogP contribution in [-0.2, 0) is 6.61 Å². The molecule has 1 aliphatic carbocycles. The largest absolute Gasteiger partial charge is 0.493 e. The molecule has 0 spiro atoms. The lowest BCUT2D eigenvalue weighted by atomic mass is 10.0. The second-order valence-electron chi connectivity index (χ2n) is 9.68. The van der Waals surface area contributed by atoms with Crippen LogP contribution in [-0.4, -0.2) is 18.0 Å². The maximum absolute atomic E-state index is 12.5. The molecule has 1 amide bonds. The number of rotatable bonds is 9. The number of benzene rings is 4. The third-order valence-corrected chi connectivity index (χ3v) is 6.89. The van der Waals surface area contributed by atoms with Gasteiger partial charge in [0.2, 0.25) is 0 Å². The Balaban J connectivity index is 1.27. The van der Waals surface area contributed by atoms with Gasteiger partial charge in [-0.2, -0.15) is 0 Å². The fourth-order valence-electron chi connectivity index (χ4n) is 4.64. The number of pyridine rings is 1. The Morgan fingerprint density at radius 2 is 1.56 bits per heavy atom. The van der Waals surface area contributed by atoms with E-state index in [4.69, 9.17) is 14.5 Å². The summed E-state index contributed by atoms with van der Waals surface area (Å²) in [5.41, 5.74) is 6.42. The molecule has 1 fully saturated rings. The SMILES string of the molecule is COc1cc2c(Nc3ccc(NC(=O)c4ccccc4)cc3)c(C3CC3)cnc2cc1OCc1ccccc1. The number of amides is 1. The molecule has 0 aliphatic heterocycles. The van der Waals surface area contributed by atoms with Crippen LogP contribution in [0.2, 0.25) is 0 Å². The average molecular weight is 516 g/mol. The molecule has 0 saturated heterocycles. The fraction of sp³-hybridized carbons (Fsp3) is 0.152. The molecule has 39 heavy (non-hydrogen) atoms. The first kappa shape index (κ1) is 24.5. The molecule has 6 nitrogen and oxygen atoms in total. The highest BCUT2D eigenvalue weighted by atomic mass is 16.5. The van der Waals surface area contributed by atoms with Crippen LogP contribution in [0.1, 0.15) is 40.2 Å². The van der Waals surface area contributed by atoms with Gasteiger partial charge in [-0.15, -0.1) is 0 Å². The Labute approximate surface area is 227 Å². The second kappa shape index (κ2) is 10.9. The molecular formula is C33H29N3O3. The van der Waals surface area contributed by atoms with Gasteiger partial charge in [0.15, 0.2) is 11.5 Å². The summed E-state index contributed by atoms with van der Waals surface area (Å²) in [4.78, 5) is 17.3. The predicted octanol–water partition coefficient (Wildman–Crippen LogP) is 7.70. The quantitative estimate of drug-likeness (QED) is 0.210. The van der Waals surface area contributed by atoms with Crippen LogP contribution in [0.5, 0.6) is 11.5 Å². The Bertz CT molecular complexity index is 1600. The summed E-state index contributed by atoms with van der Waals surface area (Å²) in [5.74, 6) is 1.68. The van der Waals surface area contributed by atoms with Crippen LogP contribution < -0.4 is 20.1 Å². The smallest absolute Gasteiger partial charge is 0.255 e. The summed E-state index contributed by atoms with van der Waals surface area (Å²) in [5, 5.41) is 7.56. The van der Waals surface area contributed by atoms with Gasteiger partial charge in [0.1, 0.15) is 6.61 Å². The maximum Gasteiger partial charge on any atom is 0.255 e. The summed E-state index contributed by atoms with van der Waals surface area (Å²) in [6.07, 6.45) is 4.29. The lowest BCUT2D eigenvalue weighted by Gasteiger charge is -2.17. The van der Waals surface area contributed by atoms with Crippen molar-refractivity contribution in [2.24, 2.45) is 0 Å². The van der Waals surface area contributed by atoms with E-state index in [0.29, 0.717) is 29.6 Å². The van der Waals surface area contributed by atoms with E-state index in [0.717, 1.165) is 46.4 Å². The van der Waals surface area contributed by atoms with Crippen LogP contribution in [0.4, 0.5) is 17.1 Å². The highest BCUT2D eigenvalue weighted by Crippen LogP contribution is 2.47. The van der Waals surface area contributed by atoms with Crippen molar-refractivity contribution < 1.29 is 14.3 Å². The number of carbonyl (C=O) groups is 1. The third kappa shape index (κ3) is 5.55. The van der Waals surface area contributed by atoms with Crippen LogP contribution in [0.25, 0.3) is 10.9 Å². The normalized spacial score (nSPS) is 12.6. The molecule has 2 N–H and O–H groups in total. The van der Waals surface area contributed by atoms with Gasteiger partial charge in [0, 0.05) is 34.6 Å². The maximum atomic E-state index is 12.5. The van der Waals surface area contributed by atoms with E-state index >= 15 is 0 Å². The van der Waals surface area contributed by atoms with E-state index in [9.17, 15) is 4.79 Å². The molecule has 0 unspecified atom stereocenters. The number of carbonyl (C=O) groups excluding carboxylic acids is 1. The number of ether oxygens (including phenoxy) is 2. The number of fused-ring (bicyclic) bond motifs is 1. The van der Waals surface area contributed by atoms with Crippen LogP contribution in [0, 0.1) is 0 Å². The van der Waals surface area contributed by atoms with Crippen molar-refractivity contribution in [3.8, 4) is 11.5 Å². The first-order valence-electron chi connectivity index (χ1n) is 13.1. The fourth-order valence-corrected chi connectivity index (χ4v) is 4.64. The van der Waals surface area contributed by atoms with E-state index in [1.54, 1.807) is 19.2 Å². The topological polar surface area (TPSA) is 72.5 Å². The Morgan fingerprint density at radius 3 is 2.26 bits per heavy atom. The summed E-state index contributed by atoms with van der Waals surface area (Å²) in [7, 11) is 1.66. The molecule has 6 rings (SSSR count). The summed E-state index contributed by atoms with van der Waals surface area (Å²) >= 11 is 0. The van der Waals surface area contributed by atoms with Crippen LogP contribution >= 0.6 is 0 Å². The van der Waals surface area contributed by atoms with Gasteiger partial charge in [-0.25, -0.2) is 0 Å². The lowest BCUT2D eigenvalue weighted by Crippen LogP contribution is -2.11. The van der Waals surface area contributed by atoms with Crippen molar-refractivity contribution in [1.29, 1.82) is 0 Å². The first-order valence-corrected chi connectivity index (χ1v) is 13.1. The van der Waals surface area contributed by atoms with Gasteiger partial charge in [-0.3, -0.25) is 9.78 Å². The summed E-state index contributed by atoms with van der Waals surface area (Å²) < 4.78 is 11.9. The van der Waals surface area contributed by atoms with Crippen molar-refractivity contribution in [3.63, 3.8) is 0 Å². The molecule has 1 saturated carbocycles. The Hall–Kier alpha value is -4.84. The molecule has 0 bridgehead atoms. The molecule has 6 heteroatoms. The zero-order valence-electron chi connectivity index (χ0n) is 21.7. The second-order valence-corrected chi connectivity index (χ2v) is 9.68. The minimum Gasteiger partial charge on any atom is -0.493 e. The highest BCUT2D eigenvalue weighted by Gasteiger charge is 2.28. The van der Waals surface area contributed by atoms with Gasteiger partial charge < -0.3 is 20.1 Å². The number of methoxy groups -OCH3 is 1. The molecule has 0 atom stereocenters. The number of nitrogens with one attached hydrogen (secondary N) is 2. The number of hydrogen-bond donors (Lipinski definition) is 2. The molecule has 4 aromatic carbocycles. The van der Waals surface area contributed by atoms with E-state index in [2.05, 4.69) is 10.6 Å². The molecule has 0 radical (unpaired) electrons. The van der Waals surface area contributed by atoms with Gasteiger partial charge in [0.25, 0.3) is 5.91 Å². The van der Waals surface area contributed by atoms with Gasteiger partial charge in [-0.1, -0.05) is 48.5 Å². The van der Waals surface area contributed by atoms with Crippen LogP contribution in [0.15, 0.2) is 103 Å². The Morgan fingerprint density at radius 1 is 0.872 bits per heavy atom. The van der Waals surface area contributed by atoms with Gasteiger partial charge in [-0.05, 0) is 72.4 Å². The molecule has 1 aromatic heterocycles. The highest BCUT2D eigenvalue weighted by molar-refractivity contribution is 6.04. The summed E-state index contributed by atoms with van der Waals surface area (Å²) in [6.45, 7) is 0.446. The van der Waals surface area contributed by atoms with E-state index in [-0.39, 0.29) is 5.91 Å². The molecular weight excluding hydrogens is 486 g/mol. The van der Waals surface area contributed by atoms with Crippen LogP contribution in [0.3, 0.4) is 0 Å². The predicted molar refractivity (Wildman–Crippen MR) is 155 cm³/mol. The Kier molecular flexibility index (Phi) is 6.83. The number of anilines is 3. The van der Waals surface area contributed by atoms with Crippen molar-refractivity contribution in [2.75, 3.05) is 17.7 Å². The average Bonchev–Trinajstić information content (AvgIpc) is 3.83. The molecule has 194 valence electrons. The first-order chi connectivity index (χ1) is 19.2. The van der Waals surface area contributed by atoms with Crippen molar-refractivity contribution >= 4 is 33.9 Å². The molecule has 1 aliphatic rings. The third-order valence-electron chi connectivity index (χ3n) is 6.89. The number of hydrogen-bond acceptors (Lipinski definition) is 5. The van der Waals surface area contributed by atoms with E-state index in [1.165, 1.54) is 5.56 Å². The lowest BCUT2D eigenvalue weighted by molar-refractivity contribution is 0.102. The zero-order chi connectivity index (χ0) is 26.6. The number of nitrogens with zero attached hydrogens (tertiary/aromatic N) is 1. The number of aromatic nitrogens is 1. The standard InChI is InChI=1S/C33H29N3O3/c1-38-30-18-27-29(19-31(30)39-21-22-8-4-2-5-9-22)34-20-28(23-12-13-23)32(27)35-25-14-16-26(17-15-25)36-33(37)24-10-6-3-7-11-24/h2-11,14-20,23H,12-13,21H2,1H3,(H,34,35)(H,36,37). The van der Waals surface area contributed by atoms with Gasteiger partial charge >= 0.3 is 0 Å².